The first-order valence-electron chi connectivity index (χ1n) is 5.97. The molecule has 1 aromatic rings. The molecule has 3 nitrogen and oxygen atoms in total. The molecule has 0 aliphatic carbocycles. The van der Waals surface area contributed by atoms with Crippen molar-refractivity contribution in [1.29, 1.82) is 0 Å². The molecule has 0 N–H and O–H groups in total. The van der Waals surface area contributed by atoms with Crippen molar-refractivity contribution in [2.24, 2.45) is 0 Å². The van der Waals surface area contributed by atoms with Crippen LogP contribution < -0.4 is 4.74 Å². The second kappa shape index (κ2) is 7.93. The highest BCUT2D eigenvalue weighted by molar-refractivity contribution is 5.93. The van der Waals surface area contributed by atoms with Gasteiger partial charge in [-0.15, -0.1) is 0 Å². The summed E-state index contributed by atoms with van der Waals surface area (Å²) in [4.78, 5) is 11.5. The zero-order chi connectivity index (χ0) is 14.1. The molecule has 1 aromatic carbocycles. The van der Waals surface area contributed by atoms with Crippen LogP contribution >= 0.6 is 0 Å². The Balaban J connectivity index is 2.67. The minimum Gasteiger partial charge on any atom is -0.490 e. The van der Waals surface area contributed by atoms with E-state index in [1.807, 2.05) is 24.3 Å². The Labute approximate surface area is 113 Å². The van der Waals surface area contributed by atoms with Gasteiger partial charge < -0.3 is 9.47 Å². The summed E-state index contributed by atoms with van der Waals surface area (Å²) in [6.07, 6.45) is 4.99. The fourth-order valence-corrected chi connectivity index (χ4v) is 1.37. The number of carbonyl (C=O) groups excluding carboxylic acids is 1. The average Bonchev–Trinajstić information content (AvgIpc) is 2.43. The quantitative estimate of drug-likeness (QED) is 0.427. The maximum absolute atomic E-state index is 11.5. The average molecular weight is 258 g/mol. The topological polar surface area (TPSA) is 35.5 Å². The molecule has 3 heteroatoms. The minimum absolute atomic E-state index is 0.221. The van der Waals surface area contributed by atoms with E-state index in [2.05, 4.69) is 13.2 Å². The molecule has 0 bridgehead atoms. The summed E-state index contributed by atoms with van der Waals surface area (Å²) in [5.74, 6) is 0.427. The van der Waals surface area contributed by atoms with E-state index in [9.17, 15) is 4.79 Å². The molecule has 19 heavy (non-hydrogen) atoms. The molecule has 0 saturated heterocycles. The molecule has 100 valence electrons. The SMILES string of the molecule is C=CCOC(=O)/C(C)=C/c1ccc(OCC=C)cc1. The van der Waals surface area contributed by atoms with Crippen molar-refractivity contribution in [2.75, 3.05) is 13.2 Å². The summed E-state index contributed by atoms with van der Waals surface area (Å²) >= 11 is 0. The van der Waals surface area contributed by atoms with Crippen LogP contribution in [0.4, 0.5) is 0 Å². The third-order valence-corrected chi connectivity index (χ3v) is 2.29. The standard InChI is InChI=1S/C16H18O3/c1-4-10-18-15-8-6-14(7-9-15)12-13(3)16(17)19-11-5-2/h4-9,12H,1-2,10-11H2,3H3/b13-12+. The molecule has 0 radical (unpaired) electrons. The molecule has 0 atom stereocenters. The van der Waals surface area contributed by atoms with Gasteiger partial charge in [-0.05, 0) is 30.7 Å². The van der Waals surface area contributed by atoms with Gasteiger partial charge in [0.1, 0.15) is 19.0 Å². The van der Waals surface area contributed by atoms with Crippen molar-refractivity contribution in [3.05, 3.63) is 60.7 Å². The van der Waals surface area contributed by atoms with E-state index in [4.69, 9.17) is 9.47 Å². The van der Waals surface area contributed by atoms with E-state index in [1.54, 1.807) is 19.1 Å². The number of benzene rings is 1. The maximum Gasteiger partial charge on any atom is 0.334 e. The van der Waals surface area contributed by atoms with Gasteiger partial charge in [-0.3, -0.25) is 0 Å². The van der Waals surface area contributed by atoms with Crippen LogP contribution in [0.25, 0.3) is 6.08 Å². The van der Waals surface area contributed by atoms with E-state index in [1.165, 1.54) is 6.08 Å². The Morgan fingerprint density at radius 2 is 1.79 bits per heavy atom. The lowest BCUT2D eigenvalue weighted by atomic mass is 10.1. The van der Waals surface area contributed by atoms with Crippen LogP contribution in [0, 0.1) is 0 Å². The second-order valence-corrected chi connectivity index (χ2v) is 3.88. The summed E-state index contributed by atoms with van der Waals surface area (Å²) in [7, 11) is 0. The van der Waals surface area contributed by atoms with Crippen molar-refractivity contribution in [3.8, 4) is 5.75 Å². The predicted octanol–water partition coefficient (Wildman–Crippen LogP) is 3.38. The first-order chi connectivity index (χ1) is 9.17. The number of hydrogen-bond acceptors (Lipinski definition) is 3. The highest BCUT2D eigenvalue weighted by atomic mass is 16.5. The highest BCUT2D eigenvalue weighted by Gasteiger charge is 2.04. The first kappa shape index (κ1) is 14.8. The number of rotatable bonds is 7. The van der Waals surface area contributed by atoms with Gasteiger partial charge in [0.2, 0.25) is 0 Å². The fourth-order valence-electron chi connectivity index (χ4n) is 1.37. The summed E-state index contributed by atoms with van der Waals surface area (Å²) in [6.45, 7) is 9.49. The van der Waals surface area contributed by atoms with Crippen LogP contribution in [-0.4, -0.2) is 19.2 Å². The zero-order valence-corrected chi connectivity index (χ0v) is 11.1. The lowest BCUT2D eigenvalue weighted by Crippen LogP contribution is -2.05. The molecular weight excluding hydrogens is 240 g/mol. The maximum atomic E-state index is 11.5. The first-order valence-corrected chi connectivity index (χ1v) is 5.97. The van der Waals surface area contributed by atoms with Gasteiger partial charge in [-0.2, -0.15) is 0 Å². The molecule has 0 spiro atoms. The lowest BCUT2D eigenvalue weighted by Gasteiger charge is -2.04. The number of hydrogen-bond donors (Lipinski definition) is 0. The Morgan fingerprint density at radius 1 is 1.16 bits per heavy atom. The van der Waals surface area contributed by atoms with Gasteiger partial charge >= 0.3 is 5.97 Å². The van der Waals surface area contributed by atoms with Crippen LogP contribution in [0.5, 0.6) is 5.75 Å². The largest absolute Gasteiger partial charge is 0.490 e. The van der Waals surface area contributed by atoms with Crippen LogP contribution in [0.1, 0.15) is 12.5 Å². The van der Waals surface area contributed by atoms with E-state index in [-0.39, 0.29) is 12.6 Å². The molecule has 0 unspecified atom stereocenters. The van der Waals surface area contributed by atoms with Gasteiger partial charge in [0.25, 0.3) is 0 Å². The number of esters is 1. The Bertz CT molecular complexity index is 469. The molecule has 0 aromatic heterocycles. The summed E-state index contributed by atoms with van der Waals surface area (Å²) in [5, 5.41) is 0. The molecule has 0 heterocycles. The van der Waals surface area contributed by atoms with Gasteiger partial charge in [0.05, 0.1) is 0 Å². The molecule has 0 saturated carbocycles. The number of carbonyl (C=O) groups is 1. The lowest BCUT2D eigenvalue weighted by molar-refractivity contribution is -0.137. The Hall–Kier alpha value is -2.29. The molecule has 0 aliphatic rings. The van der Waals surface area contributed by atoms with Crippen LogP contribution in [0.15, 0.2) is 55.1 Å². The molecule has 0 fully saturated rings. The van der Waals surface area contributed by atoms with Gasteiger partial charge in [0.15, 0.2) is 0 Å². The van der Waals surface area contributed by atoms with Crippen molar-refractivity contribution in [1.82, 2.24) is 0 Å². The second-order valence-electron chi connectivity index (χ2n) is 3.88. The van der Waals surface area contributed by atoms with Crippen LogP contribution in [0.2, 0.25) is 0 Å². The van der Waals surface area contributed by atoms with Crippen LogP contribution in [0.3, 0.4) is 0 Å². The molecule has 0 aliphatic heterocycles. The summed E-state index contributed by atoms with van der Waals surface area (Å²) in [5.41, 5.74) is 1.46. The Morgan fingerprint density at radius 3 is 2.37 bits per heavy atom. The van der Waals surface area contributed by atoms with Crippen molar-refractivity contribution < 1.29 is 14.3 Å². The van der Waals surface area contributed by atoms with Gasteiger partial charge in [0, 0.05) is 5.57 Å². The van der Waals surface area contributed by atoms with Crippen LogP contribution in [-0.2, 0) is 9.53 Å². The van der Waals surface area contributed by atoms with E-state index >= 15 is 0 Å². The number of ether oxygens (including phenoxy) is 2. The Kier molecular flexibility index (Phi) is 6.16. The summed E-state index contributed by atoms with van der Waals surface area (Å²) < 4.78 is 10.3. The third kappa shape index (κ3) is 5.25. The normalized spacial score (nSPS) is 10.7. The smallest absolute Gasteiger partial charge is 0.334 e. The monoisotopic (exact) mass is 258 g/mol. The zero-order valence-electron chi connectivity index (χ0n) is 11.1. The van der Waals surface area contributed by atoms with E-state index in [0.717, 1.165) is 11.3 Å². The predicted molar refractivity (Wildman–Crippen MR) is 76.9 cm³/mol. The fraction of sp³-hybridized carbons (Fsp3) is 0.188. The van der Waals surface area contributed by atoms with Crippen molar-refractivity contribution >= 4 is 12.0 Å². The van der Waals surface area contributed by atoms with E-state index in [0.29, 0.717) is 12.2 Å². The van der Waals surface area contributed by atoms with Crippen molar-refractivity contribution in [3.63, 3.8) is 0 Å². The minimum atomic E-state index is -0.341. The molecule has 1 rings (SSSR count). The van der Waals surface area contributed by atoms with Gasteiger partial charge in [-0.25, -0.2) is 4.79 Å². The highest BCUT2D eigenvalue weighted by Crippen LogP contribution is 2.15. The molecular formula is C16H18O3. The summed E-state index contributed by atoms with van der Waals surface area (Å²) in [6, 6.07) is 7.45. The molecule has 0 amide bonds. The third-order valence-electron chi connectivity index (χ3n) is 2.29. The van der Waals surface area contributed by atoms with E-state index < -0.39 is 0 Å². The van der Waals surface area contributed by atoms with Gasteiger partial charge in [-0.1, -0.05) is 37.4 Å². The van der Waals surface area contributed by atoms with Crippen molar-refractivity contribution in [2.45, 2.75) is 6.92 Å².